The summed E-state index contributed by atoms with van der Waals surface area (Å²) >= 11 is 0. The number of fused-ring (bicyclic) bond motifs is 3. The highest BCUT2D eigenvalue weighted by Gasteiger charge is 2.15. The van der Waals surface area contributed by atoms with E-state index in [-0.39, 0.29) is 5.91 Å². The average Bonchev–Trinajstić information content (AvgIpc) is 3.18. The zero-order valence-electron chi connectivity index (χ0n) is 16.9. The van der Waals surface area contributed by atoms with E-state index in [0.29, 0.717) is 18.0 Å². The Balaban J connectivity index is 1.84. The largest absolute Gasteiger partial charge is 0.367 e. The molecule has 2 aromatic carbocycles. The van der Waals surface area contributed by atoms with Gasteiger partial charge in [-0.1, -0.05) is 38.1 Å². The first-order valence-electron chi connectivity index (χ1n) is 9.97. The van der Waals surface area contributed by atoms with Crippen LogP contribution in [0.5, 0.6) is 0 Å². The second kappa shape index (κ2) is 7.91. The van der Waals surface area contributed by atoms with Crippen molar-refractivity contribution in [3.8, 4) is 11.3 Å². The Morgan fingerprint density at radius 2 is 1.86 bits per heavy atom. The van der Waals surface area contributed by atoms with Crippen molar-refractivity contribution in [1.82, 2.24) is 19.7 Å². The molecule has 0 saturated heterocycles. The minimum absolute atomic E-state index is 0.0630. The number of carbonyl (C=O) groups is 1. The highest BCUT2D eigenvalue weighted by Crippen LogP contribution is 2.28. The van der Waals surface area contributed by atoms with Crippen LogP contribution in [0.4, 0.5) is 5.82 Å². The number of aromatic nitrogens is 3. The van der Waals surface area contributed by atoms with E-state index in [4.69, 9.17) is 4.98 Å². The van der Waals surface area contributed by atoms with E-state index in [1.807, 2.05) is 55.6 Å². The third-order valence-corrected chi connectivity index (χ3v) is 4.79. The maximum absolute atomic E-state index is 12.1. The first-order valence-corrected chi connectivity index (χ1v) is 9.97. The van der Waals surface area contributed by atoms with Crippen LogP contribution in [0, 0.1) is 5.92 Å². The van der Waals surface area contributed by atoms with Gasteiger partial charge >= 0.3 is 0 Å². The van der Waals surface area contributed by atoms with Crippen LogP contribution in [0.15, 0.2) is 54.7 Å². The van der Waals surface area contributed by atoms with Gasteiger partial charge in [0, 0.05) is 24.2 Å². The van der Waals surface area contributed by atoms with Crippen molar-refractivity contribution < 1.29 is 4.79 Å². The molecule has 1 amide bonds. The summed E-state index contributed by atoms with van der Waals surface area (Å²) in [5, 5.41) is 6.26. The van der Waals surface area contributed by atoms with Gasteiger partial charge in [-0.05, 0) is 37.1 Å². The summed E-state index contributed by atoms with van der Waals surface area (Å²) in [6, 6.07) is 15.7. The standard InChI is InChI=1S/C23H25N5O/c1-4-24-23(29)17-11-9-16(10-12-17)20-14-26-22-21(25-13-15(2)3)27-18-7-5-6-8-19(18)28(20)22/h5-12,14-15H,4,13H2,1-3H3,(H,24,29)(H,25,27). The lowest BCUT2D eigenvalue weighted by molar-refractivity contribution is 0.0956. The number of imidazole rings is 1. The Kier molecular flexibility index (Phi) is 5.16. The first-order chi connectivity index (χ1) is 14.1. The van der Waals surface area contributed by atoms with Crippen molar-refractivity contribution >= 4 is 28.4 Å². The maximum Gasteiger partial charge on any atom is 0.251 e. The summed E-state index contributed by atoms with van der Waals surface area (Å²) in [7, 11) is 0. The molecule has 4 aromatic rings. The van der Waals surface area contributed by atoms with Crippen LogP contribution >= 0.6 is 0 Å². The fourth-order valence-electron chi connectivity index (χ4n) is 3.36. The van der Waals surface area contributed by atoms with E-state index in [0.717, 1.165) is 40.3 Å². The average molecular weight is 387 g/mol. The second-order valence-corrected chi connectivity index (χ2v) is 7.46. The number of para-hydroxylation sites is 2. The molecular formula is C23H25N5O. The summed E-state index contributed by atoms with van der Waals surface area (Å²) in [4.78, 5) is 21.5. The van der Waals surface area contributed by atoms with Crippen LogP contribution in [0.25, 0.3) is 27.9 Å². The van der Waals surface area contributed by atoms with Crippen LogP contribution in [0.1, 0.15) is 31.1 Å². The molecule has 0 spiro atoms. The maximum atomic E-state index is 12.1. The van der Waals surface area contributed by atoms with Crippen molar-refractivity contribution in [2.24, 2.45) is 5.92 Å². The third-order valence-electron chi connectivity index (χ3n) is 4.79. The summed E-state index contributed by atoms with van der Waals surface area (Å²) in [5.74, 6) is 1.22. The topological polar surface area (TPSA) is 71.3 Å². The van der Waals surface area contributed by atoms with Crippen LogP contribution in [0.2, 0.25) is 0 Å². The molecule has 4 rings (SSSR count). The second-order valence-electron chi connectivity index (χ2n) is 7.46. The molecule has 0 atom stereocenters. The molecule has 6 heteroatoms. The summed E-state index contributed by atoms with van der Waals surface area (Å²) < 4.78 is 2.13. The fourth-order valence-corrected chi connectivity index (χ4v) is 3.36. The van der Waals surface area contributed by atoms with E-state index >= 15 is 0 Å². The number of rotatable bonds is 6. The van der Waals surface area contributed by atoms with Gasteiger partial charge in [-0.2, -0.15) is 0 Å². The zero-order valence-corrected chi connectivity index (χ0v) is 16.9. The molecule has 0 radical (unpaired) electrons. The molecule has 0 fully saturated rings. The van der Waals surface area contributed by atoms with Crippen LogP contribution < -0.4 is 10.6 Å². The number of anilines is 1. The van der Waals surface area contributed by atoms with Gasteiger partial charge in [0.05, 0.1) is 22.9 Å². The fraction of sp³-hybridized carbons (Fsp3) is 0.261. The van der Waals surface area contributed by atoms with E-state index in [2.05, 4.69) is 39.9 Å². The van der Waals surface area contributed by atoms with E-state index in [9.17, 15) is 4.79 Å². The molecule has 6 nitrogen and oxygen atoms in total. The number of carbonyl (C=O) groups excluding carboxylic acids is 1. The molecule has 0 unspecified atom stereocenters. The molecule has 0 aliphatic rings. The van der Waals surface area contributed by atoms with Crippen molar-refractivity contribution in [3.63, 3.8) is 0 Å². The van der Waals surface area contributed by atoms with Gasteiger partial charge in [0.15, 0.2) is 11.5 Å². The zero-order chi connectivity index (χ0) is 20.4. The molecule has 0 aliphatic carbocycles. The lowest BCUT2D eigenvalue weighted by Crippen LogP contribution is -2.22. The molecule has 2 heterocycles. The Hall–Kier alpha value is -3.41. The highest BCUT2D eigenvalue weighted by molar-refractivity contribution is 5.94. The Morgan fingerprint density at radius 1 is 1.10 bits per heavy atom. The third kappa shape index (κ3) is 3.66. The van der Waals surface area contributed by atoms with Crippen molar-refractivity contribution in [1.29, 1.82) is 0 Å². The lowest BCUT2D eigenvalue weighted by Gasteiger charge is -2.13. The molecule has 0 saturated carbocycles. The molecule has 0 bridgehead atoms. The van der Waals surface area contributed by atoms with Crippen molar-refractivity contribution in [3.05, 3.63) is 60.3 Å². The van der Waals surface area contributed by atoms with Crippen molar-refractivity contribution in [2.75, 3.05) is 18.4 Å². The molecule has 0 aliphatic heterocycles. The normalized spacial score (nSPS) is 11.3. The number of hydrogen-bond donors (Lipinski definition) is 2. The number of nitrogens with zero attached hydrogens (tertiary/aromatic N) is 3. The van der Waals surface area contributed by atoms with Gasteiger partial charge in [-0.25, -0.2) is 9.97 Å². The predicted molar refractivity (Wildman–Crippen MR) is 117 cm³/mol. The Bertz CT molecular complexity index is 1160. The van der Waals surface area contributed by atoms with E-state index < -0.39 is 0 Å². The van der Waals surface area contributed by atoms with Gasteiger partial charge in [-0.15, -0.1) is 0 Å². The van der Waals surface area contributed by atoms with Gasteiger partial charge in [0.2, 0.25) is 0 Å². The summed E-state index contributed by atoms with van der Waals surface area (Å²) in [6.45, 7) is 7.68. The van der Waals surface area contributed by atoms with E-state index in [1.165, 1.54) is 0 Å². The molecular weight excluding hydrogens is 362 g/mol. The van der Waals surface area contributed by atoms with Gasteiger partial charge in [-0.3, -0.25) is 9.20 Å². The van der Waals surface area contributed by atoms with Gasteiger partial charge in [0.1, 0.15) is 0 Å². The smallest absolute Gasteiger partial charge is 0.251 e. The molecule has 148 valence electrons. The Morgan fingerprint density at radius 3 is 2.59 bits per heavy atom. The number of amides is 1. The monoisotopic (exact) mass is 387 g/mol. The number of hydrogen-bond acceptors (Lipinski definition) is 4. The van der Waals surface area contributed by atoms with Crippen LogP contribution in [-0.2, 0) is 0 Å². The Labute approximate surface area is 170 Å². The predicted octanol–water partition coefficient (Wildman–Crippen LogP) is 4.37. The molecule has 29 heavy (non-hydrogen) atoms. The SMILES string of the molecule is CCNC(=O)c1ccc(-c2cnc3c(NCC(C)C)nc4ccccc4n23)cc1. The minimum Gasteiger partial charge on any atom is -0.367 e. The molecule has 2 aromatic heterocycles. The summed E-state index contributed by atoms with van der Waals surface area (Å²) in [5.41, 5.74) is 5.31. The number of benzene rings is 2. The number of nitrogens with one attached hydrogen (secondary N) is 2. The van der Waals surface area contributed by atoms with E-state index in [1.54, 1.807) is 0 Å². The summed E-state index contributed by atoms with van der Waals surface area (Å²) in [6.07, 6.45) is 1.87. The first kappa shape index (κ1) is 18.9. The van der Waals surface area contributed by atoms with Crippen molar-refractivity contribution in [2.45, 2.75) is 20.8 Å². The quantitative estimate of drug-likeness (QED) is 0.515. The minimum atomic E-state index is -0.0630. The van der Waals surface area contributed by atoms with Gasteiger partial charge in [0.25, 0.3) is 5.91 Å². The highest BCUT2D eigenvalue weighted by atomic mass is 16.1. The molecule has 2 N–H and O–H groups in total. The van der Waals surface area contributed by atoms with Gasteiger partial charge < -0.3 is 10.6 Å². The lowest BCUT2D eigenvalue weighted by atomic mass is 10.1. The van der Waals surface area contributed by atoms with Crippen LogP contribution in [0.3, 0.4) is 0 Å². The van der Waals surface area contributed by atoms with Crippen LogP contribution in [-0.4, -0.2) is 33.4 Å².